The van der Waals surface area contributed by atoms with Gasteiger partial charge in [0.2, 0.25) is 5.91 Å². The van der Waals surface area contributed by atoms with Gasteiger partial charge in [-0.3, -0.25) is 9.36 Å². The summed E-state index contributed by atoms with van der Waals surface area (Å²) in [6.45, 7) is 1.89. The zero-order chi connectivity index (χ0) is 20.9. The first-order chi connectivity index (χ1) is 14.7. The van der Waals surface area contributed by atoms with E-state index >= 15 is 0 Å². The van der Waals surface area contributed by atoms with Gasteiger partial charge >= 0.3 is 0 Å². The highest BCUT2D eigenvalue weighted by Crippen LogP contribution is 2.30. The lowest BCUT2D eigenvalue weighted by atomic mass is 9.96. The summed E-state index contributed by atoms with van der Waals surface area (Å²) in [5, 5.41) is 16.5. The zero-order valence-corrected chi connectivity index (χ0v) is 18.1. The summed E-state index contributed by atoms with van der Waals surface area (Å²) < 4.78 is 9.20. The summed E-state index contributed by atoms with van der Waals surface area (Å²) in [6, 6.07) is 9.92. The van der Waals surface area contributed by atoms with Crippen molar-refractivity contribution in [1.82, 2.24) is 24.5 Å². The smallest absolute Gasteiger partial charge is 0.235 e. The van der Waals surface area contributed by atoms with E-state index in [1.165, 1.54) is 31.0 Å². The lowest BCUT2D eigenvalue weighted by Gasteiger charge is -2.23. The van der Waals surface area contributed by atoms with Crippen LogP contribution in [0.4, 0.5) is 5.82 Å². The van der Waals surface area contributed by atoms with Crippen LogP contribution in [0.25, 0.3) is 5.69 Å². The van der Waals surface area contributed by atoms with Crippen molar-refractivity contribution in [2.24, 2.45) is 0 Å². The number of carbonyl (C=O) groups is 1. The number of nitrogens with zero attached hydrogens (tertiary/aromatic N) is 5. The molecule has 30 heavy (non-hydrogen) atoms. The highest BCUT2D eigenvalue weighted by molar-refractivity contribution is 7.99. The van der Waals surface area contributed by atoms with Crippen LogP contribution in [-0.2, 0) is 4.79 Å². The average molecular weight is 427 g/mol. The third-order valence-electron chi connectivity index (χ3n) is 5.30. The minimum absolute atomic E-state index is 0.0876. The fourth-order valence-electron chi connectivity index (χ4n) is 3.82. The second kappa shape index (κ2) is 9.34. The quantitative estimate of drug-likeness (QED) is 0.574. The molecule has 0 aliphatic heterocycles. The normalized spacial score (nSPS) is 14.6. The molecule has 1 N–H and O–H groups in total. The number of rotatable bonds is 7. The second-order valence-electron chi connectivity index (χ2n) is 7.36. The van der Waals surface area contributed by atoms with E-state index in [2.05, 4.69) is 20.6 Å². The number of nitrogens with one attached hydrogen (secondary N) is 1. The number of benzene rings is 1. The molecule has 9 heteroatoms. The molecular weight excluding hydrogens is 400 g/mol. The van der Waals surface area contributed by atoms with E-state index in [1.54, 1.807) is 13.3 Å². The van der Waals surface area contributed by atoms with Crippen LogP contribution in [0.5, 0.6) is 5.75 Å². The van der Waals surface area contributed by atoms with Crippen LogP contribution in [0.2, 0.25) is 0 Å². The molecule has 0 spiro atoms. The molecule has 0 saturated heterocycles. The number of hydrogen-bond acceptors (Lipinski definition) is 6. The van der Waals surface area contributed by atoms with Crippen LogP contribution in [0.1, 0.15) is 44.0 Å². The molecule has 2 aromatic heterocycles. The van der Waals surface area contributed by atoms with Crippen molar-refractivity contribution in [3.63, 3.8) is 0 Å². The molecule has 1 aliphatic rings. The summed E-state index contributed by atoms with van der Waals surface area (Å²) in [7, 11) is 1.64. The van der Waals surface area contributed by atoms with E-state index in [-0.39, 0.29) is 11.7 Å². The molecule has 1 aromatic carbocycles. The van der Waals surface area contributed by atoms with Crippen LogP contribution in [-0.4, -0.2) is 43.3 Å². The molecule has 0 radical (unpaired) electrons. The number of aryl methyl sites for hydroxylation is 1. The van der Waals surface area contributed by atoms with E-state index in [0.29, 0.717) is 11.2 Å². The number of methoxy groups -OCH3 is 1. The van der Waals surface area contributed by atoms with Crippen molar-refractivity contribution in [2.75, 3.05) is 18.2 Å². The Morgan fingerprint density at radius 2 is 2.07 bits per heavy atom. The van der Waals surface area contributed by atoms with Gasteiger partial charge in [0.1, 0.15) is 17.4 Å². The molecule has 158 valence electrons. The molecule has 1 amide bonds. The van der Waals surface area contributed by atoms with Crippen molar-refractivity contribution >= 4 is 23.5 Å². The Balaban J connectivity index is 1.42. The Morgan fingerprint density at radius 1 is 1.23 bits per heavy atom. The van der Waals surface area contributed by atoms with Gasteiger partial charge in [-0.25, -0.2) is 4.68 Å². The van der Waals surface area contributed by atoms with Crippen LogP contribution < -0.4 is 10.1 Å². The topological polar surface area (TPSA) is 86.9 Å². The molecule has 8 nitrogen and oxygen atoms in total. The molecule has 2 heterocycles. The summed E-state index contributed by atoms with van der Waals surface area (Å²) in [4.78, 5) is 12.6. The molecule has 1 fully saturated rings. The van der Waals surface area contributed by atoms with Gasteiger partial charge in [-0.05, 0) is 31.9 Å². The molecule has 1 saturated carbocycles. The van der Waals surface area contributed by atoms with Gasteiger partial charge in [-0.15, -0.1) is 10.2 Å². The van der Waals surface area contributed by atoms with E-state index in [1.807, 2.05) is 46.5 Å². The average Bonchev–Trinajstić information content (AvgIpc) is 3.39. The van der Waals surface area contributed by atoms with Gasteiger partial charge in [0.25, 0.3) is 0 Å². The van der Waals surface area contributed by atoms with Crippen molar-refractivity contribution in [3.05, 3.63) is 42.4 Å². The van der Waals surface area contributed by atoms with Crippen LogP contribution >= 0.6 is 11.8 Å². The third kappa shape index (κ3) is 4.51. The maximum absolute atomic E-state index is 12.6. The second-order valence-corrected chi connectivity index (χ2v) is 8.30. The minimum Gasteiger partial charge on any atom is -0.497 e. The number of thioether (sulfide) groups is 1. The number of anilines is 1. The van der Waals surface area contributed by atoms with Crippen molar-refractivity contribution in [2.45, 2.75) is 50.2 Å². The maximum Gasteiger partial charge on any atom is 0.235 e. The highest BCUT2D eigenvalue weighted by Gasteiger charge is 2.20. The Morgan fingerprint density at radius 3 is 2.87 bits per heavy atom. The van der Waals surface area contributed by atoms with E-state index in [0.717, 1.165) is 35.9 Å². The molecule has 0 atom stereocenters. The number of aromatic nitrogens is 5. The fraction of sp³-hybridized carbons (Fsp3) is 0.429. The van der Waals surface area contributed by atoms with Crippen LogP contribution in [0, 0.1) is 6.92 Å². The molecule has 4 rings (SSSR count). The largest absolute Gasteiger partial charge is 0.497 e. The SMILES string of the molecule is COc1cccc(-n2c(C)nnc2SCC(=O)Nc2ccnn2C2CCCCC2)c1. The Labute approximate surface area is 180 Å². The van der Waals surface area contributed by atoms with Gasteiger partial charge in [0.15, 0.2) is 5.16 Å². The molecule has 1 aliphatic carbocycles. The molecule has 0 bridgehead atoms. The highest BCUT2D eigenvalue weighted by atomic mass is 32.2. The van der Waals surface area contributed by atoms with Crippen LogP contribution in [0.15, 0.2) is 41.7 Å². The number of hydrogen-bond donors (Lipinski definition) is 1. The monoisotopic (exact) mass is 426 g/mol. The lowest BCUT2D eigenvalue weighted by Crippen LogP contribution is -2.21. The van der Waals surface area contributed by atoms with Crippen molar-refractivity contribution in [1.29, 1.82) is 0 Å². The number of carbonyl (C=O) groups excluding carboxylic acids is 1. The predicted octanol–water partition coefficient (Wildman–Crippen LogP) is 4.02. The Kier molecular flexibility index (Phi) is 6.37. The predicted molar refractivity (Wildman–Crippen MR) is 116 cm³/mol. The molecular formula is C21H26N6O2S. The maximum atomic E-state index is 12.6. The van der Waals surface area contributed by atoms with Gasteiger partial charge in [0, 0.05) is 12.1 Å². The van der Waals surface area contributed by atoms with Gasteiger partial charge in [-0.2, -0.15) is 5.10 Å². The lowest BCUT2D eigenvalue weighted by molar-refractivity contribution is -0.113. The fourth-order valence-corrected chi connectivity index (χ4v) is 4.62. The summed E-state index contributed by atoms with van der Waals surface area (Å²) in [6.07, 6.45) is 7.69. The molecule has 3 aromatic rings. The van der Waals surface area contributed by atoms with Gasteiger partial charge < -0.3 is 10.1 Å². The summed E-state index contributed by atoms with van der Waals surface area (Å²) in [5.74, 6) is 2.41. The zero-order valence-electron chi connectivity index (χ0n) is 17.2. The van der Waals surface area contributed by atoms with Crippen molar-refractivity contribution in [3.8, 4) is 11.4 Å². The Bertz CT molecular complexity index is 1010. The first kappa shape index (κ1) is 20.5. The summed E-state index contributed by atoms with van der Waals surface area (Å²) in [5.41, 5.74) is 0.898. The van der Waals surface area contributed by atoms with Gasteiger partial charge in [-0.1, -0.05) is 37.1 Å². The molecule has 0 unspecified atom stereocenters. The van der Waals surface area contributed by atoms with E-state index in [9.17, 15) is 4.79 Å². The first-order valence-corrected chi connectivity index (χ1v) is 11.2. The third-order valence-corrected chi connectivity index (χ3v) is 6.23. The number of ether oxygens (including phenoxy) is 1. The standard InChI is InChI=1S/C21H26N6O2S/c1-15-24-25-21(26(15)17-9-6-10-18(13-17)29-2)30-14-20(28)23-19-11-12-22-27(19)16-7-4-3-5-8-16/h6,9-13,16H,3-5,7-8,14H2,1-2H3,(H,23,28). The van der Waals surface area contributed by atoms with E-state index < -0.39 is 0 Å². The van der Waals surface area contributed by atoms with Crippen molar-refractivity contribution < 1.29 is 9.53 Å². The Hall–Kier alpha value is -2.81. The van der Waals surface area contributed by atoms with Crippen LogP contribution in [0.3, 0.4) is 0 Å². The summed E-state index contributed by atoms with van der Waals surface area (Å²) >= 11 is 1.35. The number of amides is 1. The first-order valence-electron chi connectivity index (χ1n) is 10.2. The van der Waals surface area contributed by atoms with E-state index in [4.69, 9.17) is 4.74 Å². The minimum atomic E-state index is -0.0876. The van der Waals surface area contributed by atoms with Gasteiger partial charge in [0.05, 0.1) is 30.8 Å².